The second-order valence-electron chi connectivity index (χ2n) is 8.26. The molecule has 0 aliphatic heterocycles. The number of imidazole rings is 1. The lowest BCUT2D eigenvalue weighted by Gasteiger charge is -2.08. The number of aromatic nitrogens is 4. The standard InChI is InChI=1S/C28H24N4O2/c1-19-29-17-27(32(19)2)22-10-13-26-23(14-22)15-24(30-31-26)16-28(33)21-8-11-25(12-9-21)34-18-20-6-4-3-5-7-20/h3-15,17H,16,18H2,1-2H3. The lowest BCUT2D eigenvalue weighted by atomic mass is 10.0. The zero-order chi connectivity index (χ0) is 23.5. The highest BCUT2D eigenvalue weighted by Crippen LogP contribution is 2.24. The maximum absolute atomic E-state index is 12.9. The molecule has 0 aliphatic carbocycles. The minimum Gasteiger partial charge on any atom is -0.489 e. The molecule has 0 saturated carbocycles. The van der Waals surface area contributed by atoms with Gasteiger partial charge in [-0.25, -0.2) is 4.98 Å². The van der Waals surface area contributed by atoms with Crippen molar-refractivity contribution < 1.29 is 9.53 Å². The molecule has 0 aliphatic rings. The molecular formula is C28H24N4O2. The predicted molar refractivity (Wildman–Crippen MR) is 132 cm³/mol. The molecule has 0 N–H and O–H groups in total. The van der Waals surface area contributed by atoms with E-state index in [-0.39, 0.29) is 12.2 Å². The minimum absolute atomic E-state index is 0.0123. The lowest BCUT2D eigenvalue weighted by Crippen LogP contribution is -2.06. The molecule has 34 heavy (non-hydrogen) atoms. The Labute approximate surface area is 197 Å². The number of hydrogen-bond donors (Lipinski definition) is 0. The zero-order valence-electron chi connectivity index (χ0n) is 19.1. The van der Waals surface area contributed by atoms with Gasteiger partial charge in [-0.15, -0.1) is 0 Å². The summed E-state index contributed by atoms with van der Waals surface area (Å²) in [4.78, 5) is 17.2. The predicted octanol–water partition coefficient (Wildman–Crippen LogP) is 5.34. The molecule has 0 unspecified atom stereocenters. The van der Waals surface area contributed by atoms with E-state index in [1.165, 1.54) is 0 Å². The highest BCUT2D eigenvalue weighted by atomic mass is 16.5. The first-order valence-corrected chi connectivity index (χ1v) is 11.1. The third-order valence-electron chi connectivity index (χ3n) is 5.92. The van der Waals surface area contributed by atoms with Crippen molar-refractivity contribution in [2.75, 3.05) is 0 Å². The van der Waals surface area contributed by atoms with Crippen molar-refractivity contribution in [2.45, 2.75) is 20.0 Å². The molecule has 2 heterocycles. The number of fused-ring (bicyclic) bond motifs is 1. The van der Waals surface area contributed by atoms with Gasteiger partial charge >= 0.3 is 0 Å². The summed E-state index contributed by atoms with van der Waals surface area (Å²) in [6.45, 7) is 2.46. The molecule has 6 nitrogen and oxygen atoms in total. The Bertz CT molecular complexity index is 1460. The van der Waals surface area contributed by atoms with Crippen LogP contribution in [0, 0.1) is 6.92 Å². The van der Waals surface area contributed by atoms with Gasteiger partial charge < -0.3 is 9.30 Å². The van der Waals surface area contributed by atoms with Crippen molar-refractivity contribution in [1.29, 1.82) is 0 Å². The van der Waals surface area contributed by atoms with Crippen LogP contribution in [0.25, 0.3) is 22.2 Å². The molecule has 0 bridgehead atoms. The molecule has 5 rings (SSSR count). The van der Waals surface area contributed by atoms with E-state index in [1.54, 1.807) is 12.1 Å². The van der Waals surface area contributed by atoms with Crippen LogP contribution in [0.3, 0.4) is 0 Å². The third-order valence-corrected chi connectivity index (χ3v) is 5.92. The summed E-state index contributed by atoms with van der Waals surface area (Å²) in [7, 11) is 1.99. The first-order chi connectivity index (χ1) is 16.6. The van der Waals surface area contributed by atoms with Crippen molar-refractivity contribution in [1.82, 2.24) is 19.7 Å². The minimum atomic E-state index is -0.0123. The van der Waals surface area contributed by atoms with E-state index in [0.717, 1.165) is 39.3 Å². The molecule has 0 radical (unpaired) electrons. The molecular weight excluding hydrogens is 424 g/mol. The van der Waals surface area contributed by atoms with E-state index in [1.807, 2.05) is 85.4 Å². The molecule has 0 saturated heterocycles. The van der Waals surface area contributed by atoms with Crippen molar-refractivity contribution in [3.05, 3.63) is 108 Å². The van der Waals surface area contributed by atoms with Crippen LogP contribution in [0.2, 0.25) is 0 Å². The number of aryl methyl sites for hydroxylation is 1. The Balaban J connectivity index is 1.29. The number of hydrogen-bond acceptors (Lipinski definition) is 5. The van der Waals surface area contributed by atoms with E-state index >= 15 is 0 Å². The zero-order valence-corrected chi connectivity index (χ0v) is 19.1. The van der Waals surface area contributed by atoms with E-state index in [9.17, 15) is 4.79 Å². The van der Waals surface area contributed by atoms with E-state index in [2.05, 4.69) is 21.2 Å². The normalized spacial score (nSPS) is 11.0. The number of rotatable bonds is 7. The Hall–Kier alpha value is -4.32. The van der Waals surface area contributed by atoms with Gasteiger partial charge in [0.25, 0.3) is 0 Å². The van der Waals surface area contributed by atoms with Gasteiger partial charge in [-0.1, -0.05) is 36.4 Å². The van der Waals surface area contributed by atoms with Crippen LogP contribution >= 0.6 is 0 Å². The second-order valence-corrected chi connectivity index (χ2v) is 8.26. The van der Waals surface area contributed by atoms with Crippen LogP contribution < -0.4 is 4.74 Å². The van der Waals surface area contributed by atoms with Gasteiger partial charge in [0.05, 0.1) is 29.5 Å². The van der Waals surface area contributed by atoms with Crippen LogP contribution in [0.15, 0.2) is 85.1 Å². The molecule has 0 atom stereocenters. The number of benzene rings is 3. The van der Waals surface area contributed by atoms with Gasteiger partial charge in [-0.2, -0.15) is 10.2 Å². The average Bonchev–Trinajstić information content (AvgIpc) is 3.21. The van der Waals surface area contributed by atoms with Gasteiger partial charge in [-0.3, -0.25) is 4.79 Å². The summed E-state index contributed by atoms with van der Waals surface area (Å²) in [5.74, 6) is 1.66. The third kappa shape index (κ3) is 4.57. The van der Waals surface area contributed by atoms with Gasteiger partial charge in [0.2, 0.25) is 0 Å². The van der Waals surface area contributed by atoms with Gasteiger partial charge in [0.1, 0.15) is 18.2 Å². The monoisotopic (exact) mass is 448 g/mol. The fourth-order valence-corrected chi connectivity index (χ4v) is 3.85. The summed E-state index contributed by atoms with van der Waals surface area (Å²) in [6.07, 6.45) is 2.05. The molecule has 5 aromatic rings. The van der Waals surface area contributed by atoms with Crippen LogP contribution in [-0.2, 0) is 20.1 Å². The van der Waals surface area contributed by atoms with Crippen molar-refractivity contribution in [3.8, 4) is 17.0 Å². The van der Waals surface area contributed by atoms with E-state index in [4.69, 9.17) is 4.74 Å². The van der Waals surface area contributed by atoms with Gasteiger partial charge in [0, 0.05) is 23.6 Å². The molecule has 6 heteroatoms. The van der Waals surface area contributed by atoms with Crippen LogP contribution in [0.5, 0.6) is 5.75 Å². The smallest absolute Gasteiger partial charge is 0.168 e. The molecule has 168 valence electrons. The quantitative estimate of drug-likeness (QED) is 0.314. The topological polar surface area (TPSA) is 69.9 Å². The SMILES string of the molecule is Cc1ncc(-c2ccc3nnc(CC(=O)c4ccc(OCc5ccccc5)cc4)cc3c2)n1C. The van der Waals surface area contributed by atoms with E-state index < -0.39 is 0 Å². The Morgan fingerprint density at radius 1 is 0.941 bits per heavy atom. The maximum atomic E-state index is 12.9. The number of Topliss-reactive ketones (excluding diaryl/α,β-unsaturated/α-hetero) is 1. The Kier molecular flexibility index (Phi) is 5.87. The van der Waals surface area contributed by atoms with Crippen molar-refractivity contribution >= 4 is 16.7 Å². The number of carbonyl (C=O) groups excluding carboxylic acids is 1. The Morgan fingerprint density at radius 2 is 1.74 bits per heavy atom. The average molecular weight is 449 g/mol. The number of nitrogens with zero attached hydrogens (tertiary/aromatic N) is 4. The molecule has 3 aromatic carbocycles. The Morgan fingerprint density at radius 3 is 2.47 bits per heavy atom. The molecule has 0 amide bonds. The van der Waals surface area contributed by atoms with Crippen LogP contribution in [0.4, 0.5) is 0 Å². The van der Waals surface area contributed by atoms with Crippen LogP contribution in [0.1, 0.15) is 27.4 Å². The number of carbonyl (C=O) groups is 1. The largest absolute Gasteiger partial charge is 0.489 e. The first kappa shape index (κ1) is 21.5. The second kappa shape index (κ2) is 9.27. The highest BCUT2D eigenvalue weighted by molar-refractivity contribution is 5.97. The lowest BCUT2D eigenvalue weighted by molar-refractivity contribution is 0.0991. The van der Waals surface area contributed by atoms with Gasteiger partial charge in [-0.05, 0) is 55.0 Å². The van der Waals surface area contributed by atoms with E-state index in [0.29, 0.717) is 17.9 Å². The fourth-order valence-electron chi connectivity index (χ4n) is 3.85. The highest BCUT2D eigenvalue weighted by Gasteiger charge is 2.12. The summed E-state index contributed by atoms with van der Waals surface area (Å²) in [5, 5.41) is 9.52. The maximum Gasteiger partial charge on any atom is 0.168 e. The van der Waals surface area contributed by atoms with Crippen LogP contribution in [-0.4, -0.2) is 25.5 Å². The summed E-state index contributed by atoms with van der Waals surface area (Å²) in [6, 6.07) is 25.2. The number of ether oxygens (including phenoxy) is 1. The summed E-state index contributed by atoms with van der Waals surface area (Å²) >= 11 is 0. The number of ketones is 1. The fraction of sp³-hybridized carbons (Fsp3) is 0.143. The molecule has 2 aromatic heterocycles. The summed E-state index contributed by atoms with van der Waals surface area (Å²) in [5.41, 5.74) is 5.22. The van der Waals surface area contributed by atoms with Crippen molar-refractivity contribution in [3.63, 3.8) is 0 Å². The van der Waals surface area contributed by atoms with Crippen molar-refractivity contribution in [2.24, 2.45) is 7.05 Å². The van der Waals surface area contributed by atoms with Gasteiger partial charge in [0.15, 0.2) is 5.78 Å². The molecule has 0 fully saturated rings. The summed E-state index contributed by atoms with van der Waals surface area (Å²) < 4.78 is 7.86. The first-order valence-electron chi connectivity index (χ1n) is 11.1. The molecule has 0 spiro atoms.